The van der Waals surface area contributed by atoms with Crippen LogP contribution in [0.25, 0.3) is 10.9 Å². The zero-order valence-electron chi connectivity index (χ0n) is 11.5. The summed E-state index contributed by atoms with van der Waals surface area (Å²) in [4.78, 5) is 30.6. The number of halogens is 3. The van der Waals surface area contributed by atoms with E-state index in [4.69, 9.17) is 0 Å². The number of hydrogen-bond acceptors (Lipinski definition) is 3. The highest BCUT2D eigenvalue weighted by Gasteiger charge is 2.30. The van der Waals surface area contributed by atoms with E-state index < -0.39 is 23.1 Å². The number of nitrogens with zero attached hydrogens (tertiary/aromatic N) is 1. The Hall–Kier alpha value is -2.96. The summed E-state index contributed by atoms with van der Waals surface area (Å²) >= 11 is 0. The normalized spacial score (nSPS) is 11.6. The van der Waals surface area contributed by atoms with Crippen molar-refractivity contribution in [1.29, 1.82) is 0 Å². The molecule has 0 radical (unpaired) electrons. The molecule has 116 valence electrons. The molecular weight excluding hydrogens is 309 g/mol. The summed E-state index contributed by atoms with van der Waals surface area (Å²) in [5.74, 6) is -0.866. The molecule has 0 amide bonds. The Balaban J connectivity index is 2.02. The van der Waals surface area contributed by atoms with Gasteiger partial charge in [0.05, 0.1) is 16.5 Å². The highest BCUT2D eigenvalue weighted by Crippen LogP contribution is 2.29. The summed E-state index contributed by atoms with van der Waals surface area (Å²) in [6.07, 6.45) is -4.48. The fourth-order valence-corrected chi connectivity index (χ4v) is 2.14. The van der Waals surface area contributed by atoms with E-state index in [0.29, 0.717) is 10.9 Å². The van der Waals surface area contributed by atoms with Crippen LogP contribution in [0, 0.1) is 0 Å². The lowest BCUT2D eigenvalue weighted by molar-refractivity contribution is -0.137. The first-order chi connectivity index (χ1) is 10.9. The highest BCUT2D eigenvalue weighted by atomic mass is 19.4. The van der Waals surface area contributed by atoms with E-state index in [1.54, 1.807) is 24.3 Å². The minimum absolute atomic E-state index is 0.0106. The lowest BCUT2D eigenvalue weighted by Crippen LogP contribution is -2.16. The number of rotatable bonds is 2. The van der Waals surface area contributed by atoms with Crippen molar-refractivity contribution in [1.82, 2.24) is 9.97 Å². The Labute approximate surface area is 127 Å². The second-order valence-electron chi connectivity index (χ2n) is 4.84. The van der Waals surface area contributed by atoms with Gasteiger partial charge in [-0.1, -0.05) is 24.3 Å². The van der Waals surface area contributed by atoms with Crippen LogP contribution in [0.4, 0.5) is 13.2 Å². The Kier molecular flexibility index (Phi) is 3.48. The molecule has 0 aliphatic carbocycles. The third-order valence-electron chi connectivity index (χ3n) is 3.30. The summed E-state index contributed by atoms with van der Waals surface area (Å²) in [6, 6.07) is 10.2. The van der Waals surface area contributed by atoms with Crippen molar-refractivity contribution in [3.8, 4) is 0 Å². The van der Waals surface area contributed by atoms with Crippen molar-refractivity contribution in [2.24, 2.45) is 0 Å². The van der Waals surface area contributed by atoms with Crippen LogP contribution >= 0.6 is 0 Å². The van der Waals surface area contributed by atoms with Crippen LogP contribution in [0.2, 0.25) is 0 Å². The van der Waals surface area contributed by atoms with Gasteiger partial charge < -0.3 is 4.98 Å². The monoisotopic (exact) mass is 318 g/mol. The molecule has 3 aromatic rings. The number of H-pyrrole nitrogens is 1. The number of aromatic amines is 1. The zero-order valence-corrected chi connectivity index (χ0v) is 11.5. The number of aromatic nitrogens is 2. The Morgan fingerprint density at radius 2 is 1.65 bits per heavy atom. The molecule has 4 nitrogen and oxygen atoms in total. The second kappa shape index (κ2) is 5.35. The van der Waals surface area contributed by atoms with Crippen molar-refractivity contribution < 1.29 is 18.0 Å². The van der Waals surface area contributed by atoms with E-state index in [9.17, 15) is 22.8 Å². The van der Waals surface area contributed by atoms with Gasteiger partial charge in [-0.05, 0) is 24.3 Å². The summed E-state index contributed by atoms with van der Waals surface area (Å²) < 4.78 is 37.6. The molecule has 0 fully saturated rings. The summed E-state index contributed by atoms with van der Waals surface area (Å²) in [5, 5.41) is 0.330. The van der Waals surface area contributed by atoms with Crippen LogP contribution in [0.1, 0.15) is 21.7 Å². The van der Waals surface area contributed by atoms with Crippen LogP contribution in [0.3, 0.4) is 0 Å². The maximum Gasteiger partial charge on any atom is 0.416 e. The van der Waals surface area contributed by atoms with Crippen LogP contribution in [-0.2, 0) is 6.18 Å². The summed E-state index contributed by atoms with van der Waals surface area (Å²) in [6.45, 7) is 0. The minimum Gasteiger partial charge on any atom is -0.303 e. The van der Waals surface area contributed by atoms with Crippen molar-refractivity contribution in [3.63, 3.8) is 0 Å². The number of nitrogens with one attached hydrogen (secondary N) is 1. The van der Waals surface area contributed by atoms with Crippen molar-refractivity contribution in [3.05, 3.63) is 75.8 Å². The molecule has 0 bridgehead atoms. The molecule has 0 spiro atoms. The number of ketones is 1. The number of carbonyl (C=O) groups excluding carboxylic acids is 1. The SMILES string of the molecule is O=C(c1ccc(C(F)(F)F)cc1)c1nc2ccccc2c(=O)[nH]1. The quantitative estimate of drug-likeness (QED) is 0.738. The van der Waals surface area contributed by atoms with E-state index >= 15 is 0 Å². The fourth-order valence-electron chi connectivity index (χ4n) is 2.14. The molecule has 0 unspecified atom stereocenters. The molecular formula is C16H9F3N2O2. The van der Waals surface area contributed by atoms with Crippen LogP contribution in [-0.4, -0.2) is 15.8 Å². The van der Waals surface area contributed by atoms with E-state index in [-0.39, 0.29) is 11.4 Å². The molecule has 0 saturated heterocycles. The smallest absolute Gasteiger partial charge is 0.303 e. The first-order valence-electron chi connectivity index (χ1n) is 6.57. The van der Waals surface area contributed by atoms with E-state index in [1.807, 2.05) is 0 Å². The molecule has 7 heteroatoms. The topological polar surface area (TPSA) is 62.8 Å². The maximum atomic E-state index is 12.5. The Morgan fingerprint density at radius 3 is 2.30 bits per heavy atom. The third-order valence-corrected chi connectivity index (χ3v) is 3.30. The number of alkyl halides is 3. The molecule has 1 heterocycles. The van der Waals surface area contributed by atoms with Crippen LogP contribution in [0.5, 0.6) is 0 Å². The van der Waals surface area contributed by atoms with Gasteiger partial charge in [-0.25, -0.2) is 4.98 Å². The number of para-hydroxylation sites is 1. The predicted molar refractivity (Wildman–Crippen MR) is 77.2 cm³/mol. The predicted octanol–water partition coefficient (Wildman–Crippen LogP) is 3.17. The Morgan fingerprint density at radius 1 is 1.00 bits per heavy atom. The van der Waals surface area contributed by atoms with Crippen molar-refractivity contribution in [2.45, 2.75) is 6.18 Å². The fraction of sp³-hybridized carbons (Fsp3) is 0.0625. The van der Waals surface area contributed by atoms with Crippen LogP contribution < -0.4 is 5.56 Å². The number of hydrogen-bond donors (Lipinski definition) is 1. The highest BCUT2D eigenvalue weighted by molar-refractivity contribution is 6.07. The lowest BCUT2D eigenvalue weighted by atomic mass is 10.1. The molecule has 1 N–H and O–H groups in total. The van der Waals surface area contributed by atoms with E-state index in [2.05, 4.69) is 9.97 Å². The van der Waals surface area contributed by atoms with E-state index in [1.165, 1.54) is 0 Å². The van der Waals surface area contributed by atoms with Crippen LogP contribution in [0.15, 0.2) is 53.3 Å². The van der Waals surface area contributed by atoms with Crippen molar-refractivity contribution in [2.75, 3.05) is 0 Å². The lowest BCUT2D eigenvalue weighted by Gasteiger charge is -2.07. The molecule has 0 atom stereocenters. The molecule has 23 heavy (non-hydrogen) atoms. The zero-order chi connectivity index (χ0) is 16.6. The third kappa shape index (κ3) is 2.85. The summed E-state index contributed by atoms with van der Waals surface area (Å²) in [7, 11) is 0. The molecule has 2 aromatic carbocycles. The van der Waals surface area contributed by atoms with Gasteiger partial charge in [0.2, 0.25) is 5.78 Å². The van der Waals surface area contributed by atoms with Gasteiger partial charge in [0.25, 0.3) is 5.56 Å². The first-order valence-corrected chi connectivity index (χ1v) is 6.57. The van der Waals surface area contributed by atoms with Gasteiger partial charge in [-0.3, -0.25) is 9.59 Å². The van der Waals surface area contributed by atoms with Gasteiger partial charge in [0, 0.05) is 5.56 Å². The number of fused-ring (bicyclic) bond motifs is 1. The number of carbonyl (C=O) groups is 1. The van der Waals surface area contributed by atoms with Gasteiger partial charge >= 0.3 is 6.18 Å². The molecule has 1 aromatic heterocycles. The maximum absolute atomic E-state index is 12.5. The average Bonchev–Trinajstić information content (AvgIpc) is 2.53. The summed E-state index contributed by atoms with van der Waals surface area (Å²) in [5.41, 5.74) is -0.984. The standard InChI is InChI=1S/C16H9F3N2O2/c17-16(18,19)10-7-5-9(6-8-10)13(22)14-20-12-4-2-1-3-11(12)15(23)21-14/h1-8H,(H,20,21,23). The first kappa shape index (κ1) is 15.0. The largest absolute Gasteiger partial charge is 0.416 e. The number of benzene rings is 2. The Bertz CT molecular complexity index is 944. The average molecular weight is 318 g/mol. The second-order valence-corrected chi connectivity index (χ2v) is 4.84. The van der Waals surface area contributed by atoms with E-state index in [0.717, 1.165) is 24.3 Å². The van der Waals surface area contributed by atoms with Gasteiger partial charge in [0.15, 0.2) is 5.82 Å². The molecule has 0 aliphatic heterocycles. The van der Waals surface area contributed by atoms with Gasteiger partial charge in [-0.2, -0.15) is 13.2 Å². The molecule has 0 aliphatic rings. The minimum atomic E-state index is -4.48. The van der Waals surface area contributed by atoms with Gasteiger partial charge in [0.1, 0.15) is 0 Å². The molecule has 0 saturated carbocycles. The molecule has 3 rings (SSSR count). The van der Waals surface area contributed by atoms with Crippen molar-refractivity contribution >= 4 is 16.7 Å². The van der Waals surface area contributed by atoms with Gasteiger partial charge in [-0.15, -0.1) is 0 Å².